The van der Waals surface area contributed by atoms with Gasteiger partial charge in [0.1, 0.15) is 0 Å². The number of hydrogen-bond donors (Lipinski definition) is 1. The zero-order chi connectivity index (χ0) is 19.1. The van der Waals surface area contributed by atoms with Crippen molar-refractivity contribution in [3.63, 3.8) is 0 Å². The van der Waals surface area contributed by atoms with Crippen LogP contribution in [-0.4, -0.2) is 25.5 Å². The average Bonchev–Trinajstić information content (AvgIpc) is 2.51. The van der Waals surface area contributed by atoms with Gasteiger partial charge >= 0.3 is 5.97 Å². The molecule has 0 aliphatic rings. The summed E-state index contributed by atoms with van der Waals surface area (Å²) in [5.41, 5.74) is 1.15. The van der Waals surface area contributed by atoms with Crippen LogP contribution >= 0.6 is 0 Å². The second-order valence-electron chi connectivity index (χ2n) is 8.02. The highest BCUT2D eigenvalue weighted by Crippen LogP contribution is 2.38. The van der Waals surface area contributed by atoms with Crippen LogP contribution < -0.4 is 0 Å². The number of rotatable bonds is 8. The van der Waals surface area contributed by atoms with Crippen LogP contribution in [0, 0.1) is 5.92 Å². The van der Waals surface area contributed by atoms with Crippen molar-refractivity contribution in [1.29, 1.82) is 0 Å². The molecule has 0 unspecified atom stereocenters. The van der Waals surface area contributed by atoms with Crippen molar-refractivity contribution < 1.29 is 14.3 Å². The smallest absolute Gasteiger partial charge is 0.327 e. The van der Waals surface area contributed by atoms with Gasteiger partial charge in [0.2, 0.25) is 0 Å². The van der Waals surface area contributed by atoms with E-state index in [2.05, 4.69) is 65.1 Å². The first-order valence-corrected chi connectivity index (χ1v) is 11.7. The van der Waals surface area contributed by atoms with Gasteiger partial charge in [-0.3, -0.25) is 0 Å². The van der Waals surface area contributed by atoms with Crippen LogP contribution in [0.4, 0.5) is 0 Å². The topological polar surface area (TPSA) is 46.5 Å². The molecule has 138 valence electrons. The van der Waals surface area contributed by atoms with Crippen LogP contribution in [0.5, 0.6) is 0 Å². The Morgan fingerprint density at radius 3 is 2.36 bits per heavy atom. The molecule has 0 saturated heterocycles. The maximum absolute atomic E-state index is 10.8. The second kappa shape index (κ2) is 9.16. The zero-order valence-electron chi connectivity index (χ0n) is 16.3. The molecule has 1 aromatic carbocycles. The summed E-state index contributed by atoms with van der Waals surface area (Å²) in [5, 5.41) is 8.96. The van der Waals surface area contributed by atoms with Crippen LogP contribution in [0.1, 0.15) is 39.7 Å². The predicted molar refractivity (Wildman–Crippen MR) is 108 cm³/mol. The molecule has 2 atom stereocenters. The molecule has 0 aliphatic carbocycles. The number of carbonyl (C=O) groups is 1. The molecule has 1 aromatic rings. The minimum absolute atomic E-state index is 0.0311. The van der Waals surface area contributed by atoms with E-state index in [0.29, 0.717) is 6.42 Å². The van der Waals surface area contributed by atoms with Gasteiger partial charge in [-0.1, -0.05) is 76.3 Å². The van der Waals surface area contributed by atoms with E-state index < -0.39 is 14.3 Å². The van der Waals surface area contributed by atoms with Crippen LogP contribution in [0.15, 0.2) is 48.6 Å². The molecule has 0 spiro atoms. The summed E-state index contributed by atoms with van der Waals surface area (Å²) in [4.78, 5) is 10.8. The summed E-state index contributed by atoms with van der Waals surface area (Å²) in [6.07, 6.45) is 7.73. The number of carboxylic acid groups (broad SMARTS) is 1. The molecule has 0 bridgehead atoms. The Kier molecular flexibility index (Phi) is 7.84. The highest BCUT2D eigenvalue weighted by atomic mass is 28.4. The second-order valence-corrected chi connectivity index (χ2v) is 12.8. The minimum atomic E-state index is -1.93. The fourth-order valence-electron chi connectivity index (χ4n) is 2.18. The maximum atomic E-state index is 10.8. The molecule has 0 radical (unpaired) electrons. The molecular weight excluding hydrogens is 328 g/mol. The Labute approximate surface area is 153 Å². The standard InChI is InChI=1S/C21H32O3Si/c1-17(15-16-18-11-8-7-9-12-18)19(13-10-14-20(22)23)24-25(5,6)21(2,3)4/h7-12,14-17,19H,13H2,1-6H3,(H,22,23)/b14-10+,16-15+/t17-,19+/m1/s1. The zero-order valence-corrected chi connectivity index (χ0v) is 17.3. The number of aliphatic carboxylic acids is 1. The summed E-state index contributed by atoms with van der Waals surface area (Å²) >= 11 is 0. The number of benzene rings is 1. The Morgan fingerprint density at radius 2 is 1.84 bits per heavy atom. The maximum Gasteiger partial charge on any atom is 0.327 e. The van der Waals surface area contributed by atoms with Gasteiger partial charge in [-0.05, 0) is 36.0 Å². The molecule has 0 aliphatic heterocycles. The third-order valence-electron chi connectivity index (χ3n) is 4.86. The summed E-state index contributed by atoms with van der Waals surface area (Å²) in [7, 11) is -1.93. The Morgan fingerprint density at radius 1 is 1.24 bits per heavy atom. The predicted octanol–water partition coefficient (Wildman–Crippen LogP) is 5.76. The quantitative estimate of drug-likeness (QED) is 0.474. The first-order chi connectivity index (χ1) is 11.5. The van der Waals surface area contributed by atoms with Crippen LogP contribution in [-0.2, 0) is 9.22 Å². The molecular formula is C21H32O3Si. The minimum Gasteiger partial charge on any atom is -0.478 e. The Hall–Kier alpha value is -1.65. The van der Waals surface area contributed by atoms with Gasteiger partial charge in [0, 0.05) is 6.08 Å². The number of carboxylic acids is 1. The molecule has 0 heterocycles. The van der Waals surface area contributed by atoms with Gasteiger partial charge in [-0.15, -0.1) is 0 Å². The lowest BCUT2D eigenvalue weighted by atomic mass is 10.00. The van der Waals surface area contributed by atoms with Gasteiger partial charge in [0.25, 0.3) is 0 Å². The molecule has 1 N–H and O–H groups in total. The fraction of sp³-hybridized carbons (Fsp3) is 0.476. The molecule has 0 aromatic heterocycles. The van der Waals surface area contributed by atoms with Crippen molar-refractivity contribution >= 4 is 20.4 Å². The third-order valence-corrected chi connectivity index (χ3v) is 9.36. The van der Waals surface area contributed by atoms with Crippen LogP contribution in [0.25, 0.3) is 6.08 Å². The Bertz CT molecular complexity index is 597. The SMILES string of the molecule is C[C@H](/C=C/c1ccccc1)[C@H](C/C=C/C(=O)O)O[Si](C)(C)C(C)(C)C. The normalized spacial score (nSPS) is 15.6. The van der Waals surface area contributed by atoms with Crippen molar-refractivity contribution in [2.45, 2.75) is 58.4 Å². The van der Waals surface area contributed by atoms with E-state index >= 15 is 0 Å². The van der Waals surface area contributed by atoms with E-state index in [1.807, 2.05) is 18.2 Å². The third kappa shape index (κ3) is 7.40. The Balaban J connectivity index is 2.92. The highest BCUT2D eigenvalue weighted by molar-refractivity contribution is 6.74. The summed E-state index contributed by atoms with van der Waals surface area (Å²) in [6, 6.07) is 10.2. The van der Waals surface area contributed by atoms with Crippen molar-refractivity contribution in [2.75, 3.05) is 0 Å². The van der Waals surface area contributed by atoms with Crippen molar-refractivity contribution in [3.05, 3.63) is 54.1 Å². The van der Waals surface area contributed by atoms with Crippen molar-refractivity contribution in [1.82, 2.24) is 0 Å². The fourth-order valence-corrected chi connectivity index (χ4v) is 3.60. The van der Waals surface area contributed by atoms with Crippen molar-refractivity contribution in [3.8, 4) is 0 Å². The first kappa shape index (κ1) is 21.4. The van der Waals surface area contributed by atoms with E-state index in [0.717, 1.165) is 5.56 Å². The molecule has 0 saturated carbocycles. The molecule has 4 heteroatoms. The van der Waals surface area contributed by atoms with Gasteiger partial charge in [-0.25, -0.2) is 4.79 Å². The summed E-state index contributed by atoms with van der Waals surface area (Å²) in [6.45, 7) is 13.2. The van der Waals surface area contributed by atoms with E-state index in [1.54, 1.807) is 6.08 Å². The lowest BCUT2D eigenvalue weighted by Gasteiger charge is -2.40. The van der Waals surface area contributed by atoms with Gasteiger partial charge < -0.3 is 9.53 Å². The van der Waals surface area contributed by atoms with Gasteiger partial charge in [0.05, 0.1) is 6.10 Å². The molecule has 25 heavy (non-hydrogen) atoms. The van der Waals surface area contributed by atoms with Crippen LogP contribution in [0.3, 0.4) is 0 Å². The van der Waals surface area contributed by atoms with Crippen LogP contribution in [0.2, 0.25) is 18.1 Å². The molecule has 1 rings (SSSR count). The number of hydrogen-bond acceptors (Lipinski definition) is 2. The summed E-state index contributed by atoms with van der Waals surface area (Å²) < 4.78 is 6.58. The van der Waals surface area contributed by atoms with E-state index in [-0.39, 0.29) is 17.1 Å². The van der Waals surface area contributed by atoms with Gasteiger partial charge in [0.15, 0.2) is 8.32 Å². The van der Waals surface area contributed by atoms with E-state index in [9.17, 15) is 4.79 Å². The van der Waals surface area contributed by atoms with E-state index in [1.165, 1.54) is 6.08 Å². The van der Waals surface area contributed by atoms with E-state index in [4.69, 9.17) is 9.53 Å². The average molecular weight is 361 g/mol. The lowest BCUT2D eigenvalue weighted by molar-refractivity contribution is -0.131. The molecule has 0 fully saturated rings. The molecule has 0 amide bonds. The largest absolute Gasteiger partial charge is 0.478 e. The first-order valence-electron chi connectivity index (χ1n) is 8.83. The monoisotopic (exact) mass is 360 g/mol. The van der Waals surface area contributed by atoms with Gasteiger partial charge in [-0.2, -0.15) is 0 Å². The summed E-state index contributed by atoms with van der Waals surface area (Å²) in [5.74, 6) is -0.730. The van der Waals surface area contributed by atoms with Crippen molar-refractivity contribution in [2.24, 2.45) is 5.92 Å². The lowest BCUT2D eigenvalue weighted by Crippen LogP contribution is -2.45. The molecule has 3 nitrogen and oxygen atoms in total. The highest BCUT2D eigenvalue weighted by Gasteiger charge is 2.39.